The summed E-state index contributed by atoms with van der Waals surface area (Å²) in [7, 11) is 0. The predicted molar refractivity (Wildman–Crippen MR) is 45.7 cm³/mol. The van der Waals surface area contributed by atoms with Crippen LogP contribution < -0.4 is 0 Å². The molecule has 0 aliphatic carbocycles. The number of isocyanates is 1. The predicted octanol–water partition coefficient (Wildman–Crippen LogP) is 1.53. The summed E-state index contributed by atoms with van der Waals surface area (Å²) < 4.78 is 5.32. The molecule has 0 radical (unpaired) electrons. The highest BCUT2D eigenvalue weighted by Gasteiger charge is 2.22. The summed E-state index contributed by atoms with van der Waals surface area (Å²) in [5.41, 5.74) is 0. The summed E-state index contributed by atoms with van der Waals surface area (Å²) >= 11 is 0. The summed E-state index contributed by atoms with van der Waals surface area (Å²) in [5.74, 6) is 0.435. The molecule has 1 aliphatic heterocycles. The highest BCUT2D eigenvalue weighted by atomic mass is 16.5. The van der Waals surface area contributed by atoms with E-state index >= 15 is 0 Å². The van der Waals surface area contributed by atoms with Crippen molar-refractivity contribution in [2.45, 2.75) is 32.2 Å². The van der Waals surface area contributed by atoms with Crippen LogP contribution in [0.3, 0.4) is 0 Å². The molecule has 2 atom stereocenters. The van der Waals surface area contributed by atoms with E-state index in [4.69, 9.17) is 4.74 Å². The van der Waals surface area contributed by atoms with Gasteiger partial charge in [0.25, 0.3) is 0 Å². The lowest BCUT2D eigenvalue weighted by molar-refractivity contribution is 0.0448. The van der Waals surface area contributed by atoms with E-state index in [2.05, 4.69) is 4.99 Å². The standard InChI is InChI=1S/C9H15NO2/c1-2-9(10-7-11)8-4-3-5-12-6-8/h8-9H,2-6H2,1H3. The van der Waals surface area contributed by atoms with Crippen LogP contribution in [0.1, 0.15) is 26.2 Å². The van der Waals surface area contributed by atoms with Crippen LogP contribution in [0.25, 0.3) is 0 Å². The third-order valence-electron chi connectivity index (χ3n) is 2.38. The maximum atomic E-state index is 10.1. The van der Waals surface area contributed by atoms with Crippen LogP contribution in [0.2, 0.25) is 0 Å². The van der Waals surface area contributed by atoms with Crippen LogP contribution in [0, 0.1) is 5.92 Å². The largest absolute Gasteiger partial charge is 0.381 e. The Kier molecular flexibility index (Phi) is 3.98. The molecule has 0 N–H and O–H groups in total. The van der Waals surface area contributed by atoms with Gasteiger partial charge in [-0.15, -0.1) is 0 Å². The maximum Gasteiger partial charge on any atom is 0.235 e. The van der Waals surface area contributed by atoms with Gasteiger partial charge in [0.15, 0.2) is 0 Å². The van der Waals surface area contributed by atoms with E-state index < -0.39 is 0 Å². The molecular weight excluding hydrogens is 154 g/mol. The Balaban J connectivity index is 2.45. The molecule has 0 aromatic carbocycles. The first kappa shape index (κ1) is 9.43. The van der Waals surface area contributed by atoms with Gasteiger partial charge in [0.05, 0.1) is 12.6 Å². The molecule has 12 heavy (non-hydrogen) atoms. The number of carbonyl (C=O) groups excluding carboxylic acids is 1. The molecule has 3 nitrogen and oxygen atoms in total. The van der Waals surface area contributed by atoms with Gasteiger partial charge >= 0.3 is 0 Å². The zero-order valence-electron chi connectivity index (χ0n) is 7.45. The molecule has 0 spiro atoms. The van der Waals surface area contributed by atoms with Gasteiger partial charge in [-0.3, -0.25) is 0 Å². The lowest BCUT2D eigenvalue weighted by atomic mass is 9.93. The first-order valence-electron chi connectivity index (χ1n) is 4.53. The molecule has 1 saturated heterocycles. The third-order valence-corrected chi connectivity index (χ3v) is 2.38. The molecule has 0 aromatic heterocycles. The smallest absolute Gasteiger partial charge is 0.235 e. The molecular formula is C9H15NO2. The van der Waals surface area contributed by atoms with Gasteiger partial charge in [-0.25, -0.2) is 9.79 Å². The van der Waals surface area contributed by atoms with Crippen molar-refractivity contribution in [2.24, 2.45) is 10.9 Å². The number of ether oxygens (including phenoxy) is 1. The van der Waals surface area contributed by atoms with Crippen molar-refractivity contribution in [1.82, 2.24) is 0 Å². The van der Waals surface area contributed by atoms with Crippen LogP contribution >= 0.6 is 0 Å². The van der Waals surface area contributed by atoms with E-state index in [1.807, 2.05) is 6.92 Å². The molecule has 1 heterocycles. The third kappa shape index (κ3) is 2.43. The summed E-state index contributed by atoms with van der Waals surface area (Å²) in [4.78, 5) is 13.9. The number of hydrogen-bond donors (Lipinski definition) is 0. The Morgan fingerprint density at radius 1 is 1.75 bits per heavy atom. The van der Waals surface area contributed by atoms with Crippen molar-refractivity contribution in [3.05, 3.63) is 0 Å². The zero-order valence-corrected chi connectivity index (χ0v) is 7.45. The van der Waals surface area contributed by atoms with Gasteiger partial charge in [-0.1, -0.05) is 6.92 Å². The Labute approximate surface area is 72.8 Å². The minimum Gasteiger partial charge on any atom is -0.381 e. The molecule has 0 amide bonds. The number of hydrogen-bond acceptors (Lipinski definition) is 3. The van der Waals surface area contributed by atoms with Gasteiger partial charge in [0.1, 0.15) is 0 Å². The van der Waals surface area contributed by atoms with Crippen LogP contribution in [0.5, 0.6) is 0 Å². The molecule has 0 saturated carbocycles. The van der Waals surface area contributed by atoms with Crippen molar-refractivity contribution in [3.8, 4) is 0 Å². The van der Waals surface area contributed by atoms with E-state index in [-0.39, 0.29) is 6.04 Å². The Hall–Kier alpha value is -0.660. The molecule has 3 heteroatoms. The summed E-state index contributed by atoms with van der Waals surface area (Å²) in [6.07, 6.45) is 4.76. The Morgan fingerprint density at radius 2 is 2.58 bits per heavy atom. The van der Waals surface area contributed by atoms with Gasteiger partial charge in [-0.05, 0) is 19.3 Å². The minimum absolute atomic E-state index is 0.128. The minimum atomic E-state index is 0.128. The van der Waals surface area contributed by atoms with Gasteiger partial charge in [0, 0.05) is 12.5 Å². The zero-order chi connectivity index (χ0) is 8.81. The molecule has 68 valence electrons. The summed E-state index contributed by atoms with van der Waals surface area (Å²) in [6, 6.07) is 0.128. The quantitative estimate of drug-likeness (QED) is 0.474. The number of nitrogens with zero attached hydrogens (tertiary/aromatic N) is 1. The van der Waals surface area contributed by atoms with Gasteiger partial charge in [-0.2, -0.15) is 0 Å². The fraction of sp³-hybridized carbons (Fsp3) is 0.889. The van der Waals surface area contributed by atoms with Crippen molar-refractivity contribution in [1.29, 1.82) is 0 Å². The molecule has 2 unspecified atom stereocenters. The molecule has 1 aliphatic rings. The monoisotopic (exact) mass is 169 g/mol. The first-order valence-corrected chi connectivity index (χ1v) is 4.53. The van der Waals surface area contributed by atoms with Crippen LogP contribution in [-0.4, -0.2) is 25.3 Å². The van der Waals surface area contributed by atoms with Gasteiger partial charge < -0.3 is 4.74 Å². The second-order valence-electron chi connectivity index (χ2n) is 3.17. The molecule has 0 bridgehead atoms. The highest BCUT2D eigenvalue weighted by Crippen LogP contribution is 2.21. The van der Waals surface area contributed by atoms with Crippen molar-refractivity contribution in [3.63, 3.8) is 0 Å². The Morgan fingerprint density at radius 3 is 3.08 bits per heavy atom. The second-order valence-corrected chi connectivity index (χ2v) is 3.17. The lowest BCUT2D eigenvalue weighted by Crippen LogP contribution is -2.27. The highest BCUT2D eigenvalue weighted by molar-refractivity contribution is 5.33. The SMILES string of the molecule is CCC(N=C=O)C1CCCOC1. The average molecular weight is 169 g/mol. The average Bonchev–Trinajstić information content (AvgIpc) is 2.15. The molecule has 0 aromatic rings. The van der Waals surface area contributed by atoms with Crippen molar-refractivity contribution >= 4 is 6.08 Å². The molecule has 1 fully saturated rings. The molecule has 1 rings (SSSR count). The number of rotatable bonds is 3. The topological polar surface area (TPSA) is 38.7 Å². The van der Waals surface area contributed by atoms with Crippen LogP contribution in [0.4, 0.5) is 0 Å². The summed E-state index contributed by atoms with van der Waals surface area (Å²) in [6.45, 7) is 3.65. The van der Waals surface area contributed by atoms with E-state index in [0.717, 1.165) is 32.5 Å². The van der Waals surface area contributed by atoms with Crippen molar-refractivity contribution in [2.75, 3.05) is 13.2 Å². The number of aliphatic imine (C=N–C) groups is 1. The lowest BCUT2D eigenvalue weighted by Gasteiger charge is -2.25. The fourth-order valence-electron chi connectivity index (χ4n) is 1.67. The summed E-state index contributed by atoms with van der Waals surface area (Å²) in [5, 5.41) is 0. The van der Waals surface area contributed by atoms with Crippen LogP contribution in [-0.2, 0) is 9.53 Å². The van der Waals surface area contributed by atoms with Gasteiger partial charge in [0.2, 0.25) is 6.08 Å². The van der Waals surface area contributed by atoms with E-state index in [0.29, 0.717) is 5.92 Å². The van der Waals surface area contributed by atoms with E-state index in [1.54, 1.807) is 6.08 Å². The second kappa shape index (κ2) is 5.07. The van der Waals surface area contributed by atoms with Crippen molar-refractivity contribution < 1.29 is 9.53 Å². The van der Waals surface area contributed by atoms with Crippen LogP contribution in [0.15, 0.2) is 4.99 Å². The maximum absolute atomic E-state index is 10.1. The normalized spacial score (nSPS) is 25.9. The first-order chi connectivity index (χ1) is 5.88. The van der Waals surface area contributed by atoms with E-state index in [9.17, 15) is 4.79 Å². The Bertz CT molecular complexity index is 169. The fourth-order valence-corrected chi connectivity index (χ4v) is 1.67. The van der Waals surface area contributed by atoms with E-state index in [1.165, 1.54) is 0 Å².